The maximum atomic E-state index is 13.0. The molecule has 6 nitrogen and oxygen atoms in total. The second-order valence-corrected chi connectivity index (χ2v) is 8.43. The fourth-order valence-electron chi connectivity index (χ4n) is 3.36. The van der Waals surface area contributed by atoms with Crippen molar-refractivity contribution in [1.29, 1.82) is 0 Å². The van der Waals surface area contributed by atoms with Gasteiger partial charge in [-0.05, 0) is 43.5 Å². The number of sulfonamides is 1. The van der Waals surface area contributed by atoms with E-state index >= 15 is 0 Å². The van der Waals surface area contributed by atoms with Gasteiger partial charge in [-0.2, -0.15) is 4.31 Å². The van der Waals surface area contributed by atoms with Gasteiger partial charge in [0.25, 0.3) is 0 Å². The highest BCUT2D eigenvalue weighted by molar-refractivity contribution is 7.89. The molecule has 0 radical (unpaired) electrons. The van der Waals surface area contributed by atoms with E-state index in [0.717, 1.165) is 18.6 Å². The van der Waals surface area contributed by atoms with Crippen molar-refractivity contribution in [2.45, 2.75) is 30.2 Å². The van der Waals surface area contributed by atoms with Crippen LogP contribution in [0.1, 0.15) is 19.3 Å². The van der Waals surface area contributed by atoms with Gasteiger partial charge in [-0.25, -0.2) is 12.8 Å². The van der Waals surface area contributed by atoms with Crippen LogP contribution in [-0.2, 0) is 14.8 Å². The van der Waals surface area contributed by atoms with Crippen LogP contribution in [0.4, 0.5) is 4.39 Å². The van der Waals surface area contributed by atoms with Gasteiger partial charge in [-0.3, -0.25) is 4.79 Å². The van der Waals surface area contributed by atoms with E-state index in [4.69, 9.17) is 5.73 Å². The van der Waals surface area contributed by atoms with Gasteiger partial charge >= 0.3 is 0 Å². The molecule has 1 unspecified atom stereocenters. The van der Waals surface area contributed by atoms with E-state index in [9.17, 15) is 17.6 Å². The fourth-order valence-corrected chi connectivity index (χ4v) is 4.89. The van der Waals surface area contributed by atoms with Crippen molar-refractivity contribution in [3.8, 4) is 0 Å². The molecule has 3 rings (SSSR count). The summed E-state index contributed by atoms with van der Waals surface area (Å²) in [5, 5.41) is 0. The highest BCUT2D eigenvalue weighted by Gasteiger charge is 2.36. The van der Waals surface area contributed by atoms with Crippen LogP contribution in [0, 0.1) is 11.7 Å². The van der Waals surface area contributed by atoms with E-state index in [2.05, 4.69) is 0 Å². The Morgan fingerprint density at radius 2 is 1.80 bits per heavy atom. The normalized spacial score (nSPS) is 24.8. The van der Waals surface area contributed by atoms with Crippen LogP contribution >= 0.6 is 12.4 Å². The summed E-state index contributed by atoms with van der Waals surface area (Å²) < 4.78 is 39.8. The van der Waals surface area contributed by atoms with Crippen LogP contribution < -0.4 is 5.73 Å². The third-order valence-corrected chi connectivity index (χ3v) is 6.60. The average molecular weight is 392 g/mol. The first-order valence-corrected chi connectivity index (χ1v) is 9.62. The maximum absolute atomic E-state index is 13.0. The summed E-state index contributed by atoms with van der Waals surface area (Å²) in [4.78, 5) is 14.4. The monoisotopic (exact) mass is 391 g/mol. The summed E-state index contributed by atoms with van der Waals surface area (Å²) in [7, 11) is -3.71. The predicted molar refractivity (Wildman–Crippen MR) is 94.3 cm³/mol. The molecule has 1 aromatic carbocycles. The highest BCUT2D eigenvalue weighted by atomic mass is 35.5. The van der Waals surface area contributed by atoms with Crippen molar-refractivity contribution < 1.29 is 17.6 Å². The van der Waals surface area contributed by atoms with Crippen molar-refractivity contribution in [2.24, 2.45) is 11.7 Å². The minimum Gasteiger partial charge on any atom is -0.341 e. The van der Waals surface area contributed by atoms with Crippen LogP contribution in [0.5, 0.6) is 0 Å². The molecular formula is C16H23ClFN3O3S. The number of nitrogens with zero attached hydrogens (tertiary/aromatic N) is 2. The Balaban J connectivity index is 0.00000225. The SMILES string of the molecule is Cl.N[C@@H]1CCN(C(=O)C2CCCN(S(=O)(=O)c3ccc(F)cc3)C2)C1. The van der Waals surface area contributed by atoms with Crippen LogP contribution in [0.15, 0.2) is 29.2 Å². The van der Waals surface area contributed by atoms with Gasteiger partial charge in [0.2, 0.25) is 15.9 Å². The molecule has 9 heteroatoms. The topological polar surface area (TPSA) is 83.7 Å². The Hall–Kier alpha value is -1.22. The summed E-state index contributed by atoms with van der Waals surface area (Å²) in [6, 6.07) is 4.79. The Labute approximate surface area is 153 Å². The van der Waals surface area contributed by atoms with E-state index in [0.29, 0.717) is 32.5 Å². The van der Waals surface area contributed by atoms with Crippen LogP contribution in [0.25, 0.3) is 0 Å². The fraction of sp³-hybridized carbons (Fsp3) is 0.562. The number of piperidine rings is 1. The molecule has 2 aliphatic rings. The summed E-state index contributed by atoms with van der Waals surface area (Å²) in [5.74, 6) is -0.827. The van der Waals surface area contributed by atoms with Gasteiger partial charge in [-0.1, -0.05) is 0 Å². The molecule has 2 fully saturated rings. The van der Waals surface area contributed by atoms with Crippen molar-refractivity contribution in [3.63, 3.8) is 0 Å². The van der Waals surface area contributed by atoms with Gasteiger partial charge < -0.3 is 10.6 Å². The zero-order valence-corrected chi connectivity index (χ0v) is 15.4. The standard InChI is InChI=1S/C16H22FN3O3S.ClH/c17-13-3-5-15(6-4-13)24(22,23)20-8-1-2-12(10-20)16(21)19-9-7-14(18)11-19;/h3-6,12,14H,1-2,7-11,18H2;1H/t12?,14-;/m1./s1. The molecule has 0 saturated carbocycles. The molecule has 25 heavy (non-hydrogen) atoms. The number of hydrogen-bond donors (Lipinski definition) is 1. The lowest BCUT2D eigenvalue weighted by molar-refractivity contribution is -0.135. The second-order valence-electron chi connectivity index (χ2n) is 6.49. The summed E-state index contributed by atoms with van der Waals surface area (Å²) >= 11 is 0. The van der Waals surface area contributed by atoms with Gasteiger partial charge in [0.1, 0.15) is 5.82 Å². The van der Waals surface area contributed by atoms with Gasteiger partial charge in [-0.15, -0.1) is 12.4 Å². The molecule has 0 aromatic heterocycles. The third-order valence-electron chi connectivity index (χ3n) is 4.72. The number of nitrogens with two attached hydrogens (primary N) is 1. The van der Waals surface area contributed by atoms with Gasteiger partial charge in [0.05, 0.1) is 10.8 Å². The average Bonchev–Trinajstić information content (AvgIpc) is 3.01. The van der Waals surface area contributed by atoms with Gasteiger partial charge in [0.15, 0.2) is 0 Å². The molecule has 0 bridgehead atoms. The Kier molecular flexibility index (Phi) is 6.42. The second kappa shape index (κ2) is 7.99. The van der Waals surface area contributed by atoms with Crippen LogP contribution in [0.2, 0.25) is 0 Å². The number of benzene rings is 1. The van der Waals surface area contributed by atoms with E-state index in [1.165, 1.54) is 16.4 Å². The molecule has 2 heterocycles. The Morgan fingerprint density at radius 3 is 2.40 bits per heavy atom. The molecule has 2 aliphatic heterocycles. The molecule has 1 amide bonds. The van der Waals surface area contributed by atoms with Crippen molar-refractivity contribution >= 4 is 28.3 Å². The van der Waals surface area contributed by atoms with E-state index in [1.807, 2.05) is 0 Å². The number of amides is 1. The number of likely N-dealkylation sites (tertiary alicyclic amines) is 1. The molecule has 2 N–H and O–H groups in total. The predicted octanol–water partition coefficient (Wildman–Crippen LogP) is 1.21. The van der Waals surface area contributed by atoms with Crippen molar-refractivity contribution in [1.82, 2.24) is 9.21 Å². The Bertz CT molecular complexity index is 714. The highest BCUT2D eigenvalue weighted by Crippen LogP contribution is 2.26. The molecule has 1 aromatic rings. The van der Waals surface area contributed by atoms with Crippen LogP contribution in [0.3, 0.4) is 0 Å². The van der Waals surface area contributed by atoms with Crippen molar-refractivity contribution in [3.05, 3.63) is 30.1 Å². The lowest BCUT2D eigenvalue weighted by atomic mass is 9.98. The number of rotatable bonds is 3. The molecule has 0 spiro atoms. The lowest BCUT2D eigenvalue weighted by Gasteiger charge is -2.33. The summed E-state index contributed by atoms with van der Waals surface area (Å²) in [5.41, 5.74) is 5.85. The van der Waals surface area contributed by atoms with Crippen LogP contribution in [-0.4, -0.2) is 55.8 Å². The molecule has 2 saturated heterocycles. The largest absolute Gasteiger partial charge is 0.341 e. The van der Waals surface area contributed by atoms with E-state index < -0.39 is 15.8 Å². The number of hydrogen-bond acceptors (Lipinski definition) is 4. The molecule has 140 valence electrons. The number of carbonyl (C=O) groups excluding carboxylic acids is 1. The quantitative estimate of drug-likeness (QED) is 0.839. The smallest absolute Gasteiger partial charge is 0.243 e. The first-order chi connectivity index (χ1) is 11.4. The molecule has 0 aliphatic carbocycles. The zero-order valence-electron chi connectivity index (χ0n) is 13.8. The summed E-state index contributed by atoms with van der Waals surface area (Å²) in [6.07, 6.45) is 2.10. The number of carbonyl (C=O) groups is 1. The van der Waals surface area contributed by atoms with E-state index in [1.54, 1.807) is 4.90 Å². The zero-order chi connectivity index (χ0) is 17.3. The minimum atomic E-state index is -3.71. The third kappa shape index (κ3) is 4.31. The summed E-state index contributed by atoms with van der Waals surface area (Å²) in [6.45, 7) is 1.73. The van der Waals surface area contributed by atoms with Crippen molar-refractivity contribution in [2.75, 3.05) is 26.2 Å². The van der Waals surface area contributed by atoms with Gasteiger partial charge in [0, 0.05) is 32.2 Å². The number of halogens is 2. The first kappa shape index (κ1) is 20.1. The molecule has 2 atom stereocenters. The minimum absolute atomic E-state index is 0. The Morgan fingerprint density at radius 1 is 1.12 bits per heavy atom. The maximum Gasteiger partial charge on any atom is 0.243 e. The lowest BCUT2D eigenvalue weighted by Crippen LogP contribution is -2.46. The molecular weight excluding hydrogens is 369 g/mol. The first-order valence-electron chi connectivity index (χ1n) is 8.18. The van der Waals surface area contributed by atoms with E-state index in [-0.39, 0.29) is 41.7 Å².